The van der Waals surface area contributed by atoms with E-state index in [1.165, 1.54) is 19.4 Å². The Morgan fingerprint density at radius 1 is 1.12 bits per heavy atom. The molecule has 0 radical (unpaired) electrons. The minimum Gasteiger partial charge on any atom is -0.468 e. The van der Waals surface area contributed by atoms with Gasteiger partial charge in [0.25, 0.3) is 0 Å². The van der Waals surface area contributed by atoms with Crippen molar-refractivity contribution >= 4 is 33.5 Å². The van der Waals surface area contributed by atoms with Crippen molar-refractivity contribution in [1.82, 2.24) is 19.9 Å². The van der Waals surface area contributed by atoms with Crippen LogP contribution in [0, 0.1) is 11.6 Å². The first-order valence-corrected chi connectivity index (χ1v) is 18.0. The largest absolute Gasteiger partial charge is 0.468 e. The van der Waals surface area contributed by atoms with Gasteiger partial charge in [-0.2, -0.15) is 9.97 Å². The fourth-order valence-electron chi connectivity index (χ4n) is 8.08. The Kier molecular flexibility index (Phi) is 10.7. The van der Waals surface area contributed by atoms with E-state index in [0.29, 0.717) is 72.1 Å². The number of aromatic nitrogens is 3. The van der Waals surface area contributed by atoms with Crippen LogP contribution in [-0.2, 0) is 20.7 Å². The Morgan fingerprint density at radius 3 is 2.79 bits per heavy atom. The van der Waals surface area contributed by atoms with Gasteiger partial charge in [-0.1, -0.05) is 6.07 Å². The number of anilines is 1. The van der Waals surface area contributed by atoms with Gasteiger partial charge in [-0.05, 0) is 86.5 Å². The molecular weight excluding hydrogens is 679 g/mol. The number of alkyl halides is 1. The molecule has 5 heterocycles. The van der Waals surface area contributed by atoms with Crippen molar-refractivity contribution in [3.63, 3.8) is 0 Å². The smallest absolute Gasteiger partial charge is 0.319 e. The minimum atomic E-state index is -0.948. The van der Waals surface area contributed by atoms with E-state index in [2.05, 4.69) is 14.9 Å². The second-order valence-corrected chi connectivity index (χ2v) is 13.9. The van der Waals surface area contributed by atoms with Crippen LogP contribution >= 0.6 is 0 Å². The molecule has 0 saturated carbocycles. The quantitative estimate of drug-likeness (QED) is 0.131. The fourth-order valence-corrected chi connectivity index (χ4v) is 8.08. The lowest BCUT2D eigenvalue weighted by Crippen LogP contribution is -2.43. The lowest BCUT2D eigenvalue weighted by molar-refractivity contribution is -0.143. The molecule has 3 atom stereocenters. The second kappa shape index (κ2) is 15.4. The SMILES string of the molecule is CCOC(=O)CCCc1c(F)ccc2cc(OCOC)cc(-c3ncc4c(N5CCC[C@@H](O)C5)nc(OC[C@@]56CCCN5C[C@H](F)C6)nc4c3F)c12. The van der Waals surface area contributed by atoms with Gasteiger partial charge in [0.15, 0.2) is 12.6 Å². The zero-order valence-electron chi connectivity index (χ0n) is 29.5. The highest BCUT2D eigenvalue weighted by Crippen LogP contribution is 2.42. The Hall–Kier alpha value is -4.27. The number of ether oxygens (including phenoxy) is 4. The van der Waals surface area contributed by atoms with Gasteiger partial charge in [0.05, 0.1) is 23.6 Å². The van der Waals surface area contributed by atoms with Crippen LogP contribution in [0.2, 0.25) is 0 Å². The number of β-amino-alcohol motifs (C(OH)–C–C–N with tert-alkyl or cyclic N) is 1. The van der Waals surface area contributed by atoms with Gasteiger partial charge >= 0.3 is 12.0 Å². The van der Waals surface area contributed by atoms with E-state index in [-0.39, 0.29) is 68.1 Å². The Morgan fingerprint density at radius 2 is 1.98 bits per heavy atom. The van der Waals surface area contributed by atoms with Crippen LogP contribution in [0.1, 0.15) is 57.4 Å². The lowest BCUT2D eigenvalue weighted by atomic mass is 9.93. The van der Waals surface area contributed by atoms with Crippen LogP contribution < -0.4 is 14.4 Å². The predicted octanol–water partition coefficient (Wildman–Crippen LogP) is 5.91. The summed E-state index contributed by atoms with van der Waals surface area (Å²) in [6.07, 6.45) is 3.94. The van der Waals surface area contributed by atoms with Crippen LogP contribution in [0.5, 0.6) is 11.8 Å². The maximum atomic E-state index is 17.2. The summed E-state index contributed by atoms with van der Waals surface area (Å²) in [7, 11) is 1.48. The van der Waals surface area contributed by atoms with E-state index in [1.807, 2.05) is 4.90 Å². The highest BCUT2D eigenvalue weighted by Gasteiger charge is 2.49. The van der Waals surface area contributed by atoms with Crippen molar-refractivity contribution < 1.29 is 42.0 Å². The first-order chi connectivity index (χ1) is 25.2. The molecule has 14 heteroatoms. The molecule has 11 nitrogen and oxygen atoms in total. The average molecular weight is 724 g/mol. The summed E-state index contributed by atoms with van der Waals surface area (Å²) >= 11 is 0. The third kappa shape index (κ3) is 7.20. The summed E-state index contributed by atoms with van der Waals surface area (Å²) in [4.78, 5) is 30.0. The van der Waals surface area contributed by atoms with Crippen LogP contribution in [0.3, 0.4) is 0 Å². The summed E-state index contributed by atoms with van der Waals surface area (Å²) in [5, 5.41) is 11.9. The molecule has 0 bridgehead atoms. The number of aliphatic hydroxyl groups excluding tert-OH is 1. The van der Waals surface area contributed by atoms with Crippen molar-refractivity contribution in [3.8, 4) is 23.0 Å². The molecule has 7 rings (SSSR count). The number of aliphatic hydroxyl groups is 1. The van der Waals surface area contributed by atoms with Crippen molar-refractivity contribution in [2.24, 2.45) is 0 Å². The number of carbonyl (C=O) groups excluding carboxylic acids is 1. The molecule has 52 heavy (non-hydrogen) atoms. The predicted molar refractivity (Wildman–Crippen MR) is 188 cm³/mol. The minimum absolute atomic E-state index is 0.0581. The molecule has 0 amide bonds. The third-order valence-corrected chi connectivity index (χ3v) is 10.4. The Balaban J connectivity index is 1.35. The number of methoxy groups -OCH3 is 1. The third-order valence-electron chi connectivity index (χ3n) is 10.4. The number of nitrogens with zero attached hydrogens (tertiary/aromatic N) is 5. The number of hydrogen-bond donors (Lipinski definition) is 1. The van der Waals surface area contributed by atoms with Crippen molar-refractivity contribution in [2.45, 2.75) is 76.1 Å². The highest BCUT2D eigenvalue weighted by molar-refractivity contribution is 6.02. The summed E-state index contributed by atoms with van der Waals surface area (Å²) in [6, 6.07) is 6.18. The number of benzene rings is 2. The van der Waals surface area contributed by atoms with E-state index >= 15 is 8.78 Å². The van der Waals surface area contributed by atoms with Crippen LogP contribution in [0.4, 0.5) is 19.0 Å². The summed E-state index contributed by atoms with van der Waals surface area (Å²) < 4.78 is 69.6. The molecule has 1 N–H and O–H groups in total. The first-order valence-electron chi connectivity index (χ1n) is 18.0. The number of aryl methyl sites for hydroxylation is 1. The molecule has 0 aliphatic carbocycles. The molecule has 278 valence electrons. The molecule has 3 saturated heterocycles. The first kappa shape index (κ1) is 36.1. The lowest BCUT2D eigenvalue weighted by Gasteiger charge is -2.32. The maximum absolute atomic E-state index is 17.2. The number of fused-ring (bicyclic) bond motifs is 3. The monoisotopic (exact) mass is 723 g/mol. The van der Waals surface area contributed by atoms with Crippen LogP contribution in [-0.4, -0.2) is 102 Å². The number of pyridine rings is 1. The molecule has 0 unspecified atom stereocenters. The molecule has 2 aromatic carbocycles. The second-order valence-electron chi connectivity index (χ2n) is 13.9. The van der Waals surface area contributed by atoms with E-state index in [1.54, 1.807) is 25.1 Å². The Labute approximate surface area is 300 Å². The van der Waals surface area contributed by atoms with Gasteiger partial charge in [0.1, 0.15) is 41.4 Å². The zero-order chi connectivity index (χ0) is 36.4. The topological polar surface area (TPSA) is 119 Å². The van der Waals surface area contributed by atoms with E-state index in [9.17, 15) is 14.3 Å². The molecular formula is C38H44F3N5O6. The molecule has 2 aromatic heterocycles. The molecule has 3 aliphatic heterocycles. The summed E-state index contributed by atoms with van der Waals surface area (Å²) in [6.45, 7) is 4.05. The van der Waals surface area contributed by atoms with Crippen molar-refractivity contribution in [1.29, 1.82) is 0 Å². The Bertz CT molecular complexity index is 1950. The number of hydrogen-bond acceptors (Lipinski definition) is 11. The number of rotatable bonds is 13. The summed E-state index contributed by atoms with van der Waals surface area (Å²) in [5.74, 6) is -0.933. The van der Waals surface area contributed by atoms with Gasteiger partial charge in [0.2, 0.25) is 0 Å². The fraction of sp³-hybridized carbons (Fsp3) is 0.526. The van der Waals surface area contributed by atoms with E-state index in [4.69, 9.17) is 23.9 Å². The van der Waals surface area contributed by atoms with Crippen molar-refractivity contribution in [2.75, 3.05) is 58.2 Å². The van der Waals surface area contributed by atoms with Crippen LogP contribution in [0.15, 0.2) is 30.5 Å². The number of carbonyl (C=O) groups is 1. The molecule has 4 aromatic rings. The van der Waals surface area contributed by atoms with E-state index in [0.717, 1.165) is 19.4 Å². The number of piperidine rings is 1. The van der Waals surface area contributed by atoms with Gasteiger partial charge in [-0.15, -0.1) is 0 Å². The molecule has 3 aliphatic rings. The zero-order valence-corrected chi connectivity index (χ0v) is 29.5. The van der Waals surface area contributed by atoms with Gasteiger partial charge in [-0.3, -0.25) is 14.7 Å². The van der Waals surface area contributed by atoms with Gasteiger partial charge in [0, 0.05) is 51.3 Å². The van der Waals surface area contributed by atoms with Crippen molar-refractivity contribution in [3.05, 3.63) is 47.7 Å². The number of esters is 1. The molecule has 0 spiro atoms. The standard InChI is InChI=1S/C38H44F3N5O6/c1-3-50-31(48)9-4-8-27-30(40)11-10-23-15-26(52-22-49-2)16-28(32(23)27)34-33(41)35-29(18-42-34)36(45-13-5-7-25(47)20-45)44-37(43-35)51-21-38-12-6-14-46(38)19-24(39)17-38/h10-11,15-16,18,24-25,47H,3-9,12-14,17,19-22H2,1-2H3/t24-,25-,38+/m1/s1. The van der Waals surface area contributed by atoms with Crippen LogP contribution in [0.25, 0.3) is 32.9 Å². The summed E-state index contributed by atoms with van der Waals surface area (Å²) in [5.41, 5.74) is -0.0590. The van der Waals surface area contributed by atoms with Gasteiger partial charge < -0.3 is 29.0 Å². The van der Waals surface area contributed by atoms with E-state index < -0.39 is 29.4 Å². The van der Waals surface area contributed by atoms with Gasteiger partial charge in [-0.25, -0.2) is 13.2 Å². The molecule has 3 fully saturated rings. The normalized spacial score (nSPS) is 21.9. The maximum Gasteiger partial charge on any atom is 0.319 e. The highest BCUT2D eigenvalue weighted by atomic mass is 19.1. The average Bonchev–Trinajstić information content (AvgIpc) is 3.66. The number of halogens is 3.